The van der Waals surface area contributed by atoms with Crippen molar-refractivity contribution in [3.8, 4) is 0 Å². The Kier molecular flexibility index (Phi) is 3.89. The van der Waals surface area contributed by atoms with Crippen LogP contribution in [0.5, 0.6) is 0 Å². The maximum Gasteiger partial charge on any atom is 0.315 e. The quantitative estimate of drug-likeness (QED) is 0.727. The Morgan fingerprint density at radius 3 is 2.39 bits per heavy atom. The molecule has 0 saturated carbocycles. The van der Waals surface area contributed by atoms with E-state index in [1.807, 2.05) is 34.6 Å². The fourth-order valence-corrected chi connectivity index (χ4v) is 1.95. The van der Waals surface area contributed by atoms with Crippen LogP contribution in [-0.4, -0.2) is 17.5 Å². The first-order valence-electron chi connectivity index (χ1n) is 6.17. The second kappa shape index (κ2) is 4.75. The largest absolute Gasteiger partial charge is 0.460 e. The number of hydrogen-bond donors (Lipinski definition) is 0. The van der Waals surface area contributed by atoms with E-state index in [-0.39, 0.29) is 24.3 Å². The molecule has 0 unspecified atom stereocenters. The number of esters is 2. The van der Waals surface area contributed by atoms with Gasteiger partial charge in [-0.1, -0.05) is 20.4 Å². The minimum absolute atomic E-state index is 0.216. The first kappa shape index (κ1) is 14.7. The van der Waals surface area contributed by atoms with Crippen LogP contribution < -0.4 is 0 Å². The van der Waals surface area contributed by atoms with E-state index in [1.165, 1.54) is 0 Å². The molecule has 1 atom stereocenters. The number of cyclic esters (lactones) is 1. The highest BCUT2D eigenvalue weighted by Crippen LogP contribution is 2.44. The zero-order valence-corrected chi connectivity index (χ0v) is 11.8. The fourth-order valence-electron chi connectivity index (χ4n) is 1.95. The average Bonchev–Trinajstić information content (AvgIpc) is 2.31. The molecule has 0 spiro atoms. The summed E-state index contributed by atoms with van der Waals surface area (Å²) in [4.78, 5) is 23.3. The molecule has 0 aromatic rings. The van der Waals surface area contributed by atoms with Crippen LogP contribution in [0.1, 0.15) is 47.5 Å². The van der Waals surface area contributed by atoms with E-state index in [9.17, 15) is 9.59 Å². The summed E-state index contributed by atoms with van der Waals surface area (Å²) in [7, 11) is 0. The molecule has 0 aromatic carbocycles. The van der Waals surface area contributed by atoms with Crippen LogP contribution in [0, 0.1) is 11.3 Å². The summed E-state index contributed by atoms with van der Waals surface area (Å²) in [5, 5.41) is 0. The SMILES string of the molecule is C=C1OC(=O)[C@@H](CCC(=O)OC(C)(C)C)C1(C)C. The Morgan fingerprint density at radius 2 is 2.00 bits per heavy atom. The van der Waals surface area contributed by atoms with Gasteiger partial charge in [0.25, 0.3) is 0 Å². The molecule has 18 heavy (non-hydrogen) atoms. The molecule has 0 aromatic heterocycles. The molecule has 0 N–H and O–H groups in total. The molecule has 1 saturated heterocycles. The number of allylic oxidation sites excluding steroid dienone is 1. The fraction of sp³-hybridized carbons (Fsp3) is 0.714. The highest BCUT2D eigenvalue weighted by molar-refractivity contribution is 5.79. The number of carbonyl (C=O) groups excluding carboxylic acids is 2. The summed E-state index contributed by atoms with van der Waals surface area (Å²) >= 11 is 0. The van der Waals surface area contributed by atoms with Crippen LogP contribution >= 0.6 is 0 Å². The van der Waals surface area contributed by atoms with Crippen LogP contribution in [0.4, 0.5) is 0 Å². The van der Waals surface area contributed by atoms with Crippen molar-refractivity contribution in [2.24, 2.45) is 11.3 Å². The van der Waals surface area contributed by atoms with Gasteiger partial charge < -0.3 is 9.47 Å². The van der Waals surface area contributed by atoms with Gasteiger partial charge in [-0.25, -0.2) is 0 Å². The van der Waals surface area contributed by atoms with Crippen LogP contribution in [0.25, 0.3) is 0 Å². The molecule has 0 aliphatic carbocycles. The lowest BCUT2D eigenvalue weighted by Crippen LogP contribution is -2.27. The van der Waals surface area contributed by atoms with Crippen molar-refractivity contribution in [3.63, 3.8) is 0 Å². The van der Waals surface area contributed by atoms with E-state index in [0.29, 0.717) is 12.2 Å². The maximum atomic E-state index is 11.7. The molecule has 102 valence electrons. The van der Waals surface area contributed by atoms with Crippen LogP contribution in [0.2, 0.25) is 0 Å². The van der Waals surface area contributed by atoms with Crippen molar-refractivity contribution in [3.05, 3.63) is 12.3 Å². The Morgan fingerprint density at radius 1 is 1.44 bits per heavy atom. The standard InChI is InChI=1S/C14H22O4/c1-9-14(5,6)10(12(16)17-9)7-8-11(15)18-13(2,3)4/h10H,1,7-8H2,2-6H3/t10-/m1/s1. The van der Waals surface area contributed by atoms with Gasteiger partial charge in [-0.15, -0.1) is 0 Å². The Hall–Kier alpha value is -1.32. The minimum Gasteiger partial charge on any atom is -0.460 e. The van der Waals surface area contributed by atoms with Gasteiger partial charge in [0.05, 0.1) is 5.92 Å². The van der Waals surface area contributed by atoms with Gasteiger partial charge in [-0.3, -0.25) is 9.59 Å². The molecular formula is C14H22O4. The van der Waals surface area contributed by atoms with E-state index in [1.54, 1.807) is 0 Å². The minimum atomic E-state index is -0.494. The summed E-state index contributed by atoms with van der Waals surface area (Å²) < 4.78 is 10.3. The normalized spacial score (nSPS) is 22.8. The zero-order chi connectivity index (χ0) is 14.1. The molecule has 0 bridgehead atoms. The van der Waals surface area contributed by atoms with E-state index in [2.05, 4.69) is 6.58 Å². The molecular weight excluding hydrogens is 232 g/mol. The van der Waals surface area contributed by atoms with E-state index in [0.717, 1.165) is 0 Å². The van der Waals surface area contributed by atoms with Gasteiger partial charge in [0.1, 0.15) is 11.4 Å². The van der Waals surface area contributed by atoms with Crippen molar-refractivity contribution in [1.29, 1.82) is 0 Å². The van der Waals surface area contributed by atoms with E-state index >= 15 is 0 Å². The molecule has 4 nitrogen and oxygen atoms in total. The smallest absolute Gasteiger partial charge is 0.315 e. The first-order valence-corrected chi connectivity index (χ1v) is 6.17. The van der Waals surface area contributed by atoms with Gasteiger partial charge >= 0.3 is 11.9 Å². The van der Waals surface area contributed by atoms with Crippen molar-refractivity contribution in [1.82, 2.24) is 0 Å². The summed E-state index contributed by atoms with van der Waals surface area (Å²) in [5.41, 5.74) is -0.911. The second-order valence-electron chi connectivity index (χ2n) is 6.24. The molecule has 0 amide bonds. The number of hydrogen-bond acceptors (Lipinski definition) is 4. The molecule has 0 radical (unpaired) electrons. The van der Waals surface area contributed by atoms with Crippen molar-refractivity contribution in [2.45, 2.75) is 53.1 Å². The second-order valence-corrected chi connectivity index (χ2v) is 6.24. The van der Waals surface area contributed by atoms with Gasteiger partial charge in [0.2, 0.25) is 0 Å². The summed E-state index contributed by atoms with van der Waals surface area (Å²) in [6, 6.07) is 0. The van der Waals surface area contributed by atoms with E-state index < -0.39 is 11.0 Å². The summed E-state index contributed by atoms with van der Waals surface area (Å²) in [6.07, 6.45) is 0.646. The predicted molar refractivity (Wildman–Crippen MR) is 67.6 cm³/mol. The number of rotatable bonds is 3. The first-order chi connectivity index (χ1) is 8.04. The lowest BCUT2D eigenvalue weighted by atomic mass is 9.77. The Balaban J connectivity index is 2.56. The van der Waals surface area contributed by atoms with Gasteiger partial charge in [0, 0.05) is 11.8 Å². The molecule has 1 heterocycles. The molecule has 1 rings (SSSR count). The van der Waals surface area contributed by atoms with Crippen LogP contribution in [-0.2, 0) is 19.1 Å². The Bertz CT molecular complexity index is 374. The predicted octanol–water partition coefficient (Wildman–Crippen LogP) is 2.82. The van der Waals surface area contributed by atoms with Crippen molar-refractivity contribution in [2.75, 3.05) is 0 Å². The molecule has 1 aliphatic rings. The topological polar surface area (TPSA) is 52.6 Å². The maximum absolute atomic E-state index is 11.7. The lowest BCUT2D eigenvalue weighted by molar-refractivity contribution is -0.155. The number of carbonyl (C=O) groups is 2. The third-order valence-electron chi connectivity index (χ3n) is 3.16. The highest BCUT2D eigenvalue weighted by Gasteiger charge is 2.46. The molecule has 1 fully saturated rings. The van der Waals surface area contributed by atoms with Gasteiger partial charge in [-0.2, -0.15) is 0 Å². The zero-order valence-electron chi connectivity index (χ0n) is 11.8. The number of ether oxygens (including phenoxy) is 2. The van der Waals surface area contributed by atoms with Gasteiger partial charge in [0.15, 0.2) is 0 Å². The van der Waals surface area contributed by atoms with E-state index in [4.69, 9.17) is 9.47 Å². The molecule has 4 heteroatoms. The summed E-state index contributed by atoms with van der Waals surface area (Å²) in [6.45, 7) is 13.0. The molecule has 1 aliphatic heterocycles. The van der Waals surface area contributed by atoms with Crippen molar-refractivity contribution < 1.29 is 19.1 Å². The summed E-state index contributed by atoms with van der Waals surface area (Å²) in [5.74, 6) is -0.434. The van der Waals surface area contributed by atoms with Crippen LogP contribution in [0.3, 0.4) is 0 Å². The third-order valence-corrected chi connectivity index (χ3v) is 3.16. The third kappa shape index (κ3) is 3.34. The Labute approximate surface area is 108 Å². The lowest BCUT2D eigenvalue weighted by Gasteiger charge is -2.23. The van der Waals surface area contributed by atoms with Crippen LogP contribution in [0.15, 0.2) is 12.3 Å². The van der Waals surface area contributed by atoms with Gasteiger partial charge in [-0.05, 0) is 27.2 Å². The average molecular weight is 254 g/mol. The monoisotopic (exact) mass is 254 g/mol. The highest BCUT2D eigenvalue weighted by atomic mass is 16.6. The van der Waals surface area contributed by atoms with Crippen molar-refractivity contribution >= 4 is 11.9 Å².